The molecule has 0 spiro atoms. The number of benzene rings is 2. The molecule has 0 aliphatic carbocycles. The van der Waals surface area contributed by atoms with Gasteiger partial charge in [-0.15, -0.1) is 10.2 Å². The molecular formula is C17H16N4. The Kier molecular flexibility index (Phi) is 3.87. The zero-order chi connectivity index (χ0) is 14.5. The first-order valence-electron chi connectivity index (χ1n) is 6.83. The molecule has 0 N–H and O–H groups in total. The number of aryl methyl sites for hydroxylation is 1. The van der Waals surface area contributed by atoms with Crippen molar-refractivity contribution >= 4 is 11.6 Å². The summed E-state index contributed by atoms with van der Waals surface area (Å²) < 4.78 is 1.83. The van der Waals surface area contributed by atoms with Gasteiger partial charge in [0.05, 0.1) is 5.69 Å². The second-order valence-corrected chi connectivity index (χ2v) is 4.87. The van der Waals surface area contributed by atoms with Gasteiger partial charge in [-0.25, -0.2) is 4.98 Å². The summed E-state index contributed by atoms with van der Waals surface area (Å²) in [7, 11) is 1.89. The molecule has 3 rings (SSSR count). The zero-order valence-corrected chi connectivity index (χ0v) is 11.8. The second-order valence-electron chi connectivity index (χ2n) is 4.87. The number of nitrogens with zero attached hydrogens (tertiary/aromatic N) is 4. The second kappa shape index (κ2) is 6.13. The van der Waals surface area contributed by atoms with Crippen LogP contribution < -0.4 is 0 Å². The van der Waals surface area contributed by atoms with Crippen molar-refractivity contribution in [2.45, 2.75) is 6.42 Å². The van der Waals surface area contributed by atoms with Gasteiger partial charge in [-0.2, -0.15) is 0 Å². The Hall–Kier alpha value is -2.75. The van der Waals surface area contributed by atoms with Gasteiger partial charge >= 0.3 is 0 Å². The van der Waals surface area contributed by atoms with Gasteiger partial charge < -0.3 is 4.57 Å². The number of imidazole rings is 1. The molecule has 4 nitrogen and oxygen atoms in total. The van der Waals surface area contributed by atoms with Crippen LogP contribution >= 0.6 is 0 Å². The van der Waals surface area contributed by atoms with Crippen molar-refractivity contribution in [1.29, 1.82) is 0 Å². The van der Waals surface area contributed by atoms with Crippen LogP contribution in [0.25, 0.3) is 0 Å². The minimum absolute atomic E-state index is 0.600. The largest absolute Gasteiger partial charge is 0.317 e. The Bertz CT molecular complexity index is 727. The van der Waals surface area contributed by atoms with E-state index in [1.807, 2.05) is 36.0 Å². The first-order chi connectivity index (χ1) is 10.3. The van der Waals surface area contributed by atoms with Gasteiger partial charge in [0.15, 0.2) is 0 Å². The lowest BCUT2D eigenvalue weighted by atomic mass is 10.1. The van der Waals surface area contributed by atoms with Crippen LogP contribution in [0.4, 0.5) is 11.6 Å². The highest BCUT2D eigenvalue weighted by Crippen LogP contribution is 2.18. The third-order valence-corrected chi connectivity index (χ3v) is 3.24. The van der Waals surface area contributed by atoms with E-state index in [9.17, 15) is 0 Å². The predicted molar refractivity (Wildman–Crippen MR) is 83.1 cm³/mol. The molecule has 0 bridgehead atoms. The van der Waals surface area contributed by atoms with E-state index in [0.29, 0.717) is 5.95 Å². The lowest BCUT2D eigenvalue weighted by Crippen LogP contribution is -1.86. The maximum absolute atomic E-state index is 4.20. The minimum atomic E-state index is 0.600. The lowest BCUT2D eigenvalue weighted by molar-refractivity contribution is 0.893. The molecule has 1 aromatic heterocycles. The standard InChI is InChI=1S/C17H16N4/c1-21-12-11-18-17(21)20-19-16-9-7-15(8-10-16)13-14-5-3-2-4-6-14/h2-12H,13H2,1H3. The Balaban J connectivity index is 1.70. The van der Waals surface area contributed by atoms with E-state index >= 15 is 0 Å². The van der Waals surface area contributed by atoms with E-state index < -0.39 is 0 Å². The third-order valence-electron chi connectivity index (χ3n) is 3.24. The summed E-state index contributed by atoms with van der Waals surface area (Å²) in [4.78, 5) is 4.11. The average molecular weight is 276 g/mol. The van der Waals surface area contributed by atoms with Gasteiger partial charge in [-0.3, -0.25) is 0 Å². The van der Waals surface area contributed by atoms with E-state index in [4.69, 9.17) is 0 Å². The fourth-order valence-electron chi connectivity index (χ4n) is 2.07. The summed E-state index contributed by atoms with van der Waals surface area (Å²) in [5, 5.41) is 8.33. The fourth-order valence-corrected chi connectivity index (χ4v) is 2.07. The molecular weight excluding hydrogens is 260 g/mol. The molecule has 0 amide bonds. The van der Waals surface area contributed by atoms with Crippen LogP contribution in [-0.2, 0) is 13.5 Å². The molecule has 1 heterocycles. The first kappa shape index (κ1) is 13.2. The molecule has 104 valence electrons. The van der Waals surface area contributed by atoms with Crippen LogP contribution in [-0.4, -0.2) is 9.55 Å². The molecule has 0 saturated heterocycles. The highest BCUT2D eigenvalue weighted by Gasteiger charge is 1.98. The van der Waals surface area contributed by atoms with Crippen molar-refractivity contribution in [2.75, 3.05) is 0 Å². The summed E-state index contributed by atoms with van der Waals surface area (Å²) in [6, 6.07) is 18.5. The van der Waals surface area contributed by atoms with Crippen LogP contribution in [0, 0.1) is 0 Å². The molecule has 4 heteroatoms. The van der Waals surface area contributed by atoms with Gasteiger partial charge in [-0.05, 0) is 29.7 Å². The van der Waals surface area contributed by atoms with Gasteiger partial charge in [0.1, 0.15) is 0 Å². The molecule has 0 saturated carbocycles. The number of hydrogen-bond acceptors (Lipinski definition) is 3. The quantitative estimate of drug-likeness (QED) is 0.650. The SMILES string of the molecule is Cn1ccnc1N=Nc1ccc(Cc2ccccc2)cc1. The molecule has 0 radical (unpaired) electrons. The highest BCUT2D eigenvalue weighted by atomic mass is 15.2. The van der Waals surface area contributed by atoms with Crippen LogP contribution in [0.5, 0.6) is 0 Å². The summed E-state index contributed by atoms with van der Waals surface area (Å²) in [5.74, 6) is 0.600. The normalized spacial score (nSPS) is 11.1. The number of hydrogen-bond donors (Lipinski definition) is 0. The molecule has 3 aromatic rings. The molecule has 0 fully saturated rings. The maximum atomic E-state index is 4.20. The van der Waals surface area contributed by atoms with Crippen molar-refractivity contribution < 1.29 is 0 Å². The molecule has 0 aliphatic heterocycles. The minimum Gasteiger partial charge on any atom is -0.317 e. The van der Waals surface area contributed by atoms with Gasteiger partial charge in [0, 0.05) is 19.4 Å². The number of rotatable bonds is 4. The van der Waals surface area contributed by atoms with Crippen LogP contribution in [0.2, 0.25) is 0 Å². The average Bonchev–Trinajstić information content (AvgIpc) is 2.93. The van der Waals surface area contributed by atoms with Gasteiger partial charge in [0.25, 0.3) is 0 Å². The predicted octanol–water partition coefficient (Wildman–Crippen LogP) is 4.43. The number of aromatic nitrogens is 2. The topological polar surface area (TPSA) is 42.5 Å². The molecule has 21 heavy (non-hydrogen) atoms. The van der Waals surface area contributed by atoms with Crippen molar-refractivity contribution in [3.05, 3.63) is 78.1 Å². The molecule has 2 aromatic carbocycles. The highest BCUT2D eigenvalue weighted by molar-refractivity contribution is 5.40. The number of azo groups is 1. The van der Waals surface area contributed by atoms with E-state index in [-0.39, 0.29) is 0 Å². The zero-order valence-electron chi connectivity index (χ0n) is 11.8. The van der Waals surface area contributed by atoms with Crippen molar-refractivity contribution in [3.8, 4) is 0 Å². The Morgan fingerprint density at radius 1 is 0.905 bits per heavy atom. The molecule has 0 unspecified atom stereocenters. The maximum Gasteiger partial charge on any atom is 0.249 e. The summed E-state index contributed by atoms with van der Waals surface area (Å²) in [6.45, 7) is 0. The van der Waals surface area contributed by atoms with Crippen LogP contribution in [0.3, 0.4) is 0 Å². The van der Waals surface area contributed by atoms with E-state index in [1.165, 1.54) is 11.1 Å². The third kappa shape index (κ3) is 3.42. The fraction of sp³-hybridized carbons (Fsp3) is 0.118. The monoisotopic (exact) mass is 276 g/mol. The van der Waals surface area contributed by atoms with Crippen molar-refractivity contribution in [2.24, 2.45) is 17.3 Å². The van der Waals surface area contributed by atoms with Crippen LogP contribution in [0.1, 0.15) is 11.1 Å². The Morgan fingerprint density at radius 3 is 2.29 bits per heavy atom. The van der Waals surface area contributed by atoms with Crippen molar-refractivity contribution in [3.63, 3.8) is 0 Å². The summed E-state index contributed by atoms with van der Waals surface area (Å²) in [6.07, 6.45) is 4.48. The lowest BCUT2D eigenvalue weighted by Gasteiger charge is -2.01. The van der Waals surface area contributed by atoms with E-state index in [2.05, 4.69) is 51.6 Å². The molecule has 0 aliphatic rings. The Labute approximate surface area is 123 Å². The molecule has 0 atom stereocenters. The summed E-state index contributed by atoms with van der Waals surface area (Å²) >= 11 is 0. The Morgan fingerprint density at radius 2 is 1.62 bits per heavy atom. The van der Waals surface area contributed by atoms with Crippen LogP contribution in [0.15, 0.2) is 77.2 Å². The van der Waals surface area contributed by atoms with Gasteiger partial charge in [-0.1, -0.05) is 42.5 Å². The first-order valence-corrected chi connectivity index (χ1v) is 6.83. The van der Waals surface area contributed by atoms with E-state index in [0.717, 1.165) is 12.1 Å². The van der Waals surface area contributed by atoms with Gasteiger partial charge in [0.2, 0.25) is 5.95 Å². The smallest absolute Gasteiger partial charge is 0.249 e. The summed E-state index contributed by atoms with van der Waals surface area (Å²) in [5.41, 5.74) is 3.40. The van der Waals surface area contributed by atoms with Crippen molar-refractivity contribution in [1.82, 2.24) is 9.55 Å². The van der Waals surface area contributed by atoms with E-state index in [1.54, 1.807) is 6.20 Å².